The van der Waals surface area contributed by atoms with Crippen LogP contribution >= 0.6 is 0 Å². The van der Waals surface area contributed by atoms with Crippen molar-refractivity contribution in [3.63, 3.8) is 0 Å². The van der Waals surface area contributed by atoms with Crippen LogP contribution in [0.2, 0.25) is 0 Å². The van der Waals surface area contributed by atoms with Gasteiger partial charge in [0.15, 0.2) is 0 Å². The van der Waals surface area contributed by atoms with Crippen molar-refractivity contribution >= 4 is 21.7 Å². The third kappa shape index (κ3) is 3.16. The molecule has 0 amide bonds. The average molecular weight is 334 g/mol. The monoisotopic (exact) mass is 334 g/mol. The molecule has 0 aliphatic rings. The number of hydrogen-bond donors (Lipinski definition) is 1. The smallest absolute Gasteiger partial charge is 0.336 e. The molecule has 0 bridgehead atoms. The second-order valence-electron chi connectivity index (χ2n) is 6.07. The van der Waals surface area contributed by atoms with Crippen molar-refractivity contribution < 1.29 is 14.1 Å². The van der Waals surface area contributed by atoms with E-state index in [9.17, 15) is 9.18 Å². The van der Waals surface area contributed by atoms with Gasteiger partial charge < -0.3 is 9.73 Å². The zero-order valence-electron chi connectivity index (χ0n) is 13.5. The molecule has 0 spiro atoms. The van der Waals surface area contributed by atoms with E-state index in [2.05, 4.69) is 5.32 Å². The molecule has 25 heavy (non-hydrogen) atoms. The number of benzene rings is 3. The summed E-state index contributed by atoms with van der Waals surface area (Å²) >= 11 is 0. The van der Waals surface area contributed by atoms with Crippen LogP contribution in [0.1, 0.15) is 11.1 Å². The van der Waals surface area contributed by atoms with E-state index in [0.717, 1.165) is 27.3 Å². The predicted molar refractivity (Wildman–Crippen MR) is 95.7 cm³/mol. The van der Waals surface area contributed by atoms with E-state index in [1.165, 1.54) is 12.1 Å². The number of halogens is 1. The molecule has 0 unspecified atom stereocenters. The van der Waals surface area contributed by atoms with E-state index < -0.39 is 0 Å². The van der Waals surface area contributed by atoms with Crippen LogP contribution in [0.4, 0.5) is 4.39 Å². The first-order chi connectivity index (χ1) is 12.2. The lowest BCUT2D eigenvalue weighted by Gasteiger charge is -2.08. The fourth-order valence-electron chi connectivity index (χ4n) is 3.20. The van der Waals surface area contributed by atoms with E-state index in [0.29, 0.717) is 18.7 Å². The Balaban J connectivity index is 1.69. The average Bonchev–Trinajstić information content (AvgIpc) is 2.62. The number of quaternary nitrogens is 1. The molecule has 4 heteroatoms. The number of rotatable bonds is 4. The summed E-state index contributed by atoms with van der Waals surface area (Å²) in [4.78, 5) is 11.9. The third-order valence-electron chi connectivity index (χ3n) is 4.37. The van der Waals surface area contributed by atoms with Crippen molar-refractivity contribution in [3.8, 4) is 0 Å². The summed E-state index contributed by atoms with van der Waals surface area (Å²) in [6, 6.07) is 19.9. The lowest BCUT2D eigenvalue weighted by Crippen LogP contribution is -2.80. The summed E-state index contributed by atoms with van der Waals surface area (Å²) in [5.74, 6) is -0.234. The molecule has 3 nitrogen and oxygen atoms in total. The van der Waals surface area contributed by atoms with Gasteiger partial charge in [-0.3, -0.25) is 0 Å². The Hall–Kier alpha value is -2.98. The highest BCUT2D eigenvalue weighted by Crippen LogP contribution is 2.26. The highest BCUT2D eigenvalue weighted by molar-refractivity contribution is 6.06. The zero-order valence-corrected chi connectivity index (χ0v) is 13.5. The first kappa shape index (κ1) is 15.5. The first-order valence-electron chi connectivity index (χ1n) is 8.21. The van der Waals surface area contributed by atoms with Gasteiger partial charge in [-0.15, -0.1) is 0 Å². The van der Waals surface area contributed by atoms with Crippen LogP contribution in [0.25, 0.3) is 21.7 Å². The SMILES string of the molecule is O=c1cc(C[NH2+]Cc2ccc(F)cc2)c2c(ccc3ccccc32)o1. The second-order valence-corrected chi connectivity index (χ2v) is 6.07. The van der Waals surface area contributed by atoms with Crippen molar-refractivity contribution in [2.75, 3.05) is 0 Å². The molecular formula is C21H17FNO2+. The van der Waals surface area contributed by atoms with Crippen molar-refractivity contribution in [2.24, 2.45) is 0 Å². The molecule has 1 heterocycles. The Morgan fingerprint density at radius 1 is 0.920 bits per heavy atom. The van der Waals surface area contributed by atoms with Crippen molar-refractivity contribution in [1.29, 1.82) is 0 Å². The van der Waals surface area contributed by atoms with E-state index in [4.69, 9.17) is 4.42 Å². The molecule has 4 aromatic rings. The van der Waals surface area contributed by atoms with E-state index >= 15 is 0 Å². The Morgan fingerprint density at radius 3 is 2.56 bits per heavy atom. The van der Waals surface area contributed by atoms with Crippen LogP contribution in [-0.2, 0) is 13.1 Å². The van der Waals surface area contributed by atoms with E-state index in [-0.39, 0.29) is 11.4 Å². The van der Waals surface area contributed by atoms with E-state index in [1.807, 2.05) is 36.4 Å². The molecule has 0 radical (unpaired) electrons. The van der Waals surface area contributed by atoms with Gasteiger partial charge >= 0.3 is 5.63 Å². The molecule has 0 aliphatic carbocycles. The quantitative estimate of drug-likeness (QED) is 0.459. The minimum Gasteiger partial charge on any atom is -0.423 e. The summed E-state index contributed by atoms with van der Waals surface area (Å²) in [6.07, 6.45) is 0. The predicted octanol–water partition coefficient (Wildman–Crippen LogP) is 3.35. The van der Waals surface area contributed by atoms with Gasteiger partial charge in [0.1, 0.15) is 24.5 Å². The van der Waals surface area contributed by atoms with Crippen LogP contribution in [0.15, 0.2) is 75.9 Å². The summed E-state index contributed by atoms with van der Waals surface area (Å²) in [5, 5.41) is 5.27. The van der Waals surface area contributed by atoms with Gasteiger partial charge in [0.2, 0.25) is 0 Å². The van der Waals surface area contributed by atoms with Crippen LogP contribution < -0.4 is 10.9 Å². The summed E-state index contributed by atoms with van der Waals surface area (Å²) in [7, 11) is 0. The minimum atomic E-state index is -0.340. The van der Waals surface area contributed by atoms with Crippen LogP contribution in [-0.4, -0.2) is 0 Å². The summed E-state index contributed by atoms with van der Waals surface area (Å²) in [5.41, 5.74) is 2.26. The van der Waals surface area contributed by atoms with Gasteiger partial charge in [-0.1, -0.05) is 42.5 Å². The minimum absolute atomic E-state index is 0.234. The second kappa shape index (κ2) is 6.49. The van der Waals surface area contributed by atoms with Gasteiger partial charge in [0, 0.05) is 22.6 Å². The Kier molecular flexibility index (Phi) is 4.04. The Labute approximate surface area is 143 Å². The fraction of sp³-hybridized carbons (Fsp3) is 0.0952. The molecule has 0 saturated carbocycles. The lowest BCUT2D eigenvalue weighted by atomic mass is 10.0. The van der Waals surface area contributed by atoms with Crippen molar-refractivity contribution in [2.45, 2.75) is 13.1 Å². The van der Waals surface area contributed by atoms with Crippen LogP contribution in [0, 0.1) is 5.82 Å². The molecule has 0 fully saturated rings. The summed E-state index contributed by atoms with van der Waals surface area (Å²) < 4.78 is 18.4. The third-order valence-corrected chi connectivity index (χ3v) is 4.37. The van der Waals surface area contributed by atoms with Crippen LogP contribution in [0.3, 0.4) is 0 Å². The Morgan fingerprint density at radius 2 is 1.72 bits per heavy atom. The molecule has 4 rings (SSSR count). The van der Waals surface area contributed by atoms with Gasteiger partial charge in [-0.25, -0.2) is 9.18 Å². The topological polar surface area (TPSA) is 46.8 Å². The molecule has 0 aliphatic heterocycles. The Bertz CT molecular complexity index is 1100. The lowest BCUT2D eigenvalue weighted by molar-refractivity contribution is -0.686. The summed E-state index contributed by atoms with van der Waals surface area (Å²) in [6.45, 7) is 1.36. The molecule has 3 aromatic carbocycles. The molecule has 0 atom stereocenters. The molecule has 1 aromatic heterocycles. The van der Waals surface area contributed by atoms with E-state index in [1.54, 1.807) is 18.2 Å². The highest BCUT2D eigenvalue weighted by atomic mass is 19.1. The van der Waals surface area contributed by atoms with Gasteiger partial charge in [0.25, 0.3) is 0 Å². The molecular weight excluding hydrogens is 317 g/mol. The van der Waals surface area contributed by atoms with Gasteiger partial charge in [-0.2, -0.15) is 0 Å². The largest absolute Gasteiger partial charge is 0.423 e. The first-order valence-corrected chi connectivity index (χ1v) is 8.21. The number of fused-ring (bicyclic) bond motifs is 3. The maximum absolute atomic E-state index is 13.0. The highest BCUT2D eigenvalue weighted by Gasteiger charge is 2.11. The van der Waals surface area contributed by atoms with Crippen molar-refractivity contribution in [3.05, 3.63) is 94.1 Å². The normalized spacial score (nSPS) is 11.2. The molecule has 0 saturated heterocycles. The van der Waals surface area contributed by atoms with Crippen molar-refractivity contribution in [1.82, 2.24) is 0 Å². The zero-order chi connectivity index (χ0) is 17.2. The van der Waals surface area contributed by atoms with Crippen LogP contribution in [0.5, 0.6) is 0 Å². The number of nitrogens with two attached hydrogens (primary N) is 1. The maximum Gasteiger partial charge on any atom is 0.336 e. The maximum atomic E-state index is 13.0. The molecule has 124 valence electrons. The van der Waals surface area contributed by atoms with Gasteiger partial charge in [0.05, 0.1) is 0 Å². The fourth-order valence-corrected chi connectivity index (χ4v) is 3.20. The number of hydrogen-bond acceptors (Lipinski definition) is 2. The molecule has 2 N–H and O–H groups in total. The van der Waals surface area contributed by atoms with Gasteiger partial charge in [-0.05, 0) is 29.0 Å². The standard InChI is InChI=1S/C21H16FNO2/c22-17-8-5-14(6-9-17)12-23-13-16-11-20(24)25-19-10-7-15-3-1-2-4-18(15)21(16)19/h1-11,23H,12-13H2/p+1.